The van der Waals surface area contributed by atoms with Crippen LogP contribution in [-0.2, 0) is 6.42 Å². The Labute approximate surface area is 112 Å². The minimum Gasteiger partial charge on any atom is -0.324 e. The van der Waals surface area contributed by atoms with Crippen LogP contribution < -0.4 is 5.73 Å². The van der Waals surface area contributed by atoms with Crippen molar-refractivity contribution in [1.29, 1.82) is 0 Å². The molecule has 0 radical (unpaired) electrons. The monoisotopic (exact) mass is 245 g/mol. The Bertz CT molecular complexity index is 383. The third-order valence-electron chi connectivity index (χ3n) is 4.37. The lowest BCUT2D eigenvalue weighted by Gasteiger charge is -2.24. The first kappa shape index (κ1) is 13.6. The predicted octanol–water partition coefficient (Wildman–Crippen LogP) is 4.32. The zero-order valence-electron chi connectivity index (χ0n) is 12.0. The summed E-state index contributed by atoms with van der Waals surface area (Å²) in [6, 6.07) is 9.17. The Morgan fingerprint density at radius 2 is 2.06 bits per heavy atom. The van der Waals surface area contributed by atoms with E-state index in [9.17, 15) is 0 Å². The Morgan fingerprint density at radius 3 is 2.67 bits per heavy atom. The Hall–Kier alpha value is -0.820. The number of nitrogens with two attached hydrogens (primary N) is 1. The highest BCUT2D eigenvalue weighted by Crippen LogP contribution is 2.38. The maximum Gasteiger partial charge on any atom is 0.0326 e. The minimum atomic E-state index is 0.231. The molecule has 1 heteroatoms. The summed E-state index contributed by atoms with van der Waals surface area (Å²) in [6.07, 6.45) is 5.16. The molecule has 0 spiro atoms. The summed E-state index contributed by atoms with van der Waals surface area (Å²) in [5.41, 5.74) is 9.26. The lowest BCUT2D eigenvalue weighted by atomic mass is 9.85. The Kier molecular flexibility index (Phi) is 4.45. The molecule has 0 heterocycles. The van der Waals surface area contributed by atoms with Crippen LogP contribution in [0.1, 0.15) is 57.2 Å². The summed E-state index contributed by atoms with van der Waals surface area (Å²) >= 11 is 0. The average molecular weight is 245 g/mol. The number of hydrogen-bond acceptors (Lipinski definition) is 1. The summed E-state index contributed by atoms with van der Waals surface area (Å²) in [5, 5.41) is 0. The van der Waals surface area contributed by atoms with Gasteiger partial charge in [-0.25, -0.2) is 0 Å². The Morgan fingerprint density at radius 1 is 1.28 bits per heavy atom. The van der Waals surface area contributed by atoms with Crippen molar-refractivity contribution in [2.75, 3.05) is 0 Å². The van der Waals surface area contributed by atoms with Gasteiger partial charge in [-0.3, -0.25) is 0 Å². The largest absolute Gasteiger partial charge is 0.324 e. The highest BCUT2D eigenvalue weighted by atomic mass is 14.7. The number of hydrogen-bond donors (Lipinski definition) is 1. The van der Waals surface area contributed by atoms with E-state index < -0.39 is 0 Å². The quantitative estimate of drug-likeness (QED) is 0.840. The SMILES string of the molecule is CC(C)Cc1cccc(C(N)C2CCCC2C)c1. The first-order valence-corrected chi connectivity index (χ1v) is 7.42. The van der Waals surface area contributed by atoms with Gasteiger partial charge in [0.15, 0.2) is 0 Å². The molecule has 1 aliphatic rings. The van der Waals surface area contributed by atoms with E-state index in [4.69, 9.17) is 5.73 Å². The van der Waals surface area contributed by atoms with Crippen molar-refractivity contribution < 1.29 is 0 Å². The molecule has 100 valence electrons. The van der Waals surface area contributed by atoms with Crippen LogP contribution >= 0.6 is 0 Å². The van der Waals surface area contributed by atoms with Gasteiger partial charge in [0.2, 0.25) is 0 Å². The summed E-state index contributed by atoms with van der Waals surface area (Å²) in [5.74, 6) is 2.18. The topological polar surface area (TPSA) is 26.0 Å². The van der Waals surface area contributed by atoms with Crippen molar-refractivity contribution in [3.8, 4) is 0 Å². The fraction of sp³-hybridized carbons (Fsp3) is 0.647. The third kappa shape index (κ3) is 3.14. The summed E-state index contributed by atoms with van der Waals surface area (Å²) < 4.78 is 0. The molecule has 1 aromatic carbocycles. The first-order chi connectivity index (χ1) is 8.58. The molecule has 1 aliphatic carbocycles. The average Bonchev–Trinajstić information content (AvgIpc) is 2.74. The van der Waals surface area contributed by atoms with Crippen molar-refractivity contribution in [1.82, 2.24) is 0 Å². The van der Waals surface area contributed by atoms with Crippen LogP contribution in [0.15, 0.2) is 24.3 Å². The van der Waals surface area contributed by atoms with Crippen LogP contribution in [0.25, 0.3) is 0 Å². The molecule has 1 aromatic rings. The second kappa shape index (κ2) is 5.88. The van der Waals surface area contributed by atoms with Gasteiger partial charge in [0, 0.05) is 6.04 Å². The predicted molar refractivity (Wildman–Crippen MR) is 78.4 cm³/mol. The molecule has 0 aliphatic heterocycles. The van der Waals surface area contributed by atoms with Gasteiger partial charge in [-0.05, 0) is 41.7 Å². The molecule has 3 atom stereocenters. The zero-order valence-corrected chi connectivity index (χ0v) is 12.0. The Balaban J connectivity index is 2.12. The zero-order chi connectivity index (χ0) is 13.1. The molecule has 0 amide bonds. The minimum absolute atomic E-state index is 0.231. The van der Waals surface area contributed by atoms with Crippen molar-refractivity contribution in [2.45, 2.75) is 52.5 Å². The van der Waals surface area contributed by atoms with Gasteiger partial charge >= 0.3 is 0 Å². The first-order valence-electron chi connectivity index (χ1n) is 7.42. The molecule has 2 N–H and O–H groups in total. The van der Waals surface area contributed by atoms with Crippen LogP contribution in [0.5, 0.6) is 0 Å². The van der Waals surface area contributed by atoms with Crippen LogP contribution in [0.2, 0.25) is 0 Å². The standard InChI is InChI=1S/C17H27N/c1-12(2)10-14-7-5-8-15(11-14)17(18)16-9-4-6-13(16)3/h5,7-8,11-13,16-17H,4,6,9-10,18H2,1-3H3. The van der Waals surface area contributed by atoms with E-state index >= 15 is 0 Å². The summed E-state index contributed by atoms with van der Waals surface area (Å²) in [7, 11) is 0. The van der Waals surface area contributed by atoms with Gasteiger partial charge in [0.05, 0.1) is 0 Å². The van der Waals surface area contributed by atoms with E-state index in [-0.39, 0.29) is 6.04 Å². The number of benzene rings is 1. The molecule has 2 rings (SSSR count). The molecule has 18 heavy (non-hydrogen) atoms. The van der Waals surface area contributed by atoms with Gasteiger partial charge in [0.25, 0.3) is 0 Å². The fourth-order valence-corrected chi connectivity index (χ4v) is 3.35. The molecular weight excluding hydrogens is 218 g/mol. The van der Waals surface area contributed by atoms with E-state index in [0.29, 0.717) is 11.8 Å². The van der Waals surface area contributed by atoms with Crippen molar-refractivity contribution in [3.05, 3.63) is 35.4 Å². The van der Waals surface area contributed by atoms with Crippen LogP contribution in [0, 0.1) is 17.8 Å². The van der Waals surface area contributed by atoms with Crippen LogP contribution in [-0.4, -0.2) is 0 Å². The molecule has 3 unspecified atom stereocenters. The molecule has 1 fully saturated rings. The fourth-order valence-electron chi connectivity index (χ4n) is 3.35. The molecule has 0 aromatic heterocycles. The van der Waals surface area contributed by atoms with E-state index in [1.54, 1.807) is 0 Å². The lowest BCUT2D eigenvalue weighted by molar-refractivity contribution is 0.351. The van der Waals surface area contributed by atoms with Crippen molar-refractivity contribution in [3.63, 3.8) is 0 Å². The molecule has 1 saturated carbocycles. The third-order valence-corrected chi connectivity index (χ3v) is 4.37. The second-order valence-corrected chi connectivity index (χ2v) is 6.44. The molecule has 0 bridgehead atoms. The second-order valence-electron chi connectivity index (χ2n) is 6.44. The number of rotatable bonds is 4. The van der Waals surface area contributed by atoms with Crippen molar-refractivity contribution >= 4 is 0 Å². The van der Waals surface area contributed by atoms with Gasteiger partial charge in [-0.1, -0.05) is 57.9 Å². The summed E-state index contributed by atoms with van der Waals surface area (Å²) in [4.78, 5) is 0. The van der Waals surface area contributed by atoms with Crippen LogP contribution in [0.3, 0.4) is 0 Å². The molecular formula is C17H27N. The highest BCUT2D eigenvalue weighted by molar-refractivity contribution is 5.27. The summed E-state index contributed by atoms with van der Waals surface area (Å²) in [6.45, 7) is 6.90. The molecule has 0 saturated heterocycles. The van der Waals surface area contributed by atoms with E-state index in [1.165, 1.54) is 30.4 Å². The van der Waals surface area contributed by atoms with Gasteiger partial charge < -0.3 is 5.73 Å². The normalized spacial score (nSPS) is 25.6. The van der Waals surface area contributed by atoms with E-state index in [2.05, 4.69) is 45.0 Å². The smallest absolute Gasteiger partial charge is 0.0326 e. The van der Waals surface area contributed by atoms with Gasteiger partial charge in [-0.15, -0.1) is 0 Å². The van der Waals surface area contributed by atoms with Crippen molar-refractivity contribution in [2.24, 2.45) is 23.5 Å². The maximum absolute atomic E-state index is 6.49. The van der Waals surface area contributed by atoms with Gasteiger partial charge in [-0.2, -0.15) is 0 Å². The molecule has 1 nitrogen and oxygen atoms in total. The lowest BCUT2D eigenvalue weighted by Crippen LogP contribution is -2.23. The maximum atomic E-state index is 6.49. The van der Waals surface area contributed by atoms with E-state index in [1.807, 2.05) is 0 Å². The van der Waals surface area contributed by atoms with Gasteiger partial charge in [0.1, 0.15) is 0 Å². The van der Waals surface area contributed by atoms with E-state index in [0.717, 1.165) is 12.3 Å². The van der Waals surface area contributed by atoms with Crippen LogP contribution in [0.4, 0.5) is 0 Å². The highest BCUT2D eigenvalue weighted by Gasteiger charge is 2.29.